The van der Waals surface area contributed by atoms with Gasteiger partial charge in [0, 0.05) is 24.0 Å². The van der Waals surface area contributed by atoms with Crippen molar-refractivity contribution in [3.63, 3.8) is 0 Å². The Bertz CT molecular complexity index is 477. The highest BCUT2D eigenvalue weighted by atomic mass is 32.1. The molecular formula is C14H18N2S. The van der Waals surface area contributed by atoms with Crippen molar-refractivity contribution in [2.45, 2.75) is 32.7 Å². The molecule has 0 radical (unpaired) electrons. The van der Waals surface area contributed by atoms with Crippen LogP contribution in [0.3, 0.4) is 0 Å². The minimum Gasteiger partial charge on any atom is -0.327 e. The van der Waals surface area contributed by atoms with Crippen LogP contribution in [0.2, 0.25) is 0 Å². The van der Waals surface area contributed by atoms with E-state index in [0.29, 0.717) is 0 Å². The number of hydrogen-bond acceptors (Lipinski definition) is 3. The third-order valence-electron chi connectivity index (χ3n) is 2.99. The van der Waals surface area contributed by atoms with Crippen molar-refractivity contribution in [3.8, 4) is 0 Å². The van der Waals surface area contributed by atoms with Crippen LogP contribution in [0.25, 0.3) is 0 Å². The summed E-state index contributed by atoms with van der Waals surface area (Å²) in [6, 6.07) is 6.73. The molecule has 2 N–H and O–H groups in total. The first-order valence-corrected chi connectivity index (χ1v) is 6.73. The third-order valence-corrected chi connectivity index (χ3v) is 3.79. The fourth-order valence-electron chi connectivity index (χ4n) is 1.88. The molecule has 0 saturated carbocycles. The first-order valence-electron chi connectivity index (χ1n) is 5.85. The summed E-state index contributed by atoms with van der Waals surface area (Å²) in [7, 11) is 0. The maximum Gasteiger partial charge on any atom is 0.0940 e. The van der Waals surface area contributed by atoms with Gasteiger partial charge in [-0.25, -0.2) is 4.98 Å². The van der Waals surface area contributed by atoms with Crippen molar-refractivity contribution in [2.75, 3.05) is 0 Å². The zero-order valence-corrected chi connectivity index (χ0v) is 11.1. The van der Waals surface area contributed by atoms with Crippen LogP contribution >= 0.6 is 11.3 Å². The van der Waals surface area contributed by atoms with Crippen molar-refractivity contribution in [3.05, 3.63) is 51.5 Å². The highest BCUT2D eigenvalue weighted by Gasteiger charge is 2.07. The van der Waals surface area contributed by atoms with Crippen molar-refractivity contribution >= 4 is 11.3 Å². The summed E-state index contributed by atoms with van der Waals surface area (Å²) in [5.41, 5.74) is 10.1. The van der Waals surface area contributed by atoms with Crippen LogP contribution in [0.15, 0.2) is 29.8 Å². The molecule has 0 spiro atoms. The Morgan fingerprint density at radius 1 is 1.24 bits per heavy atom. The molecule has 0 aliphatic carbocycles. The van der Waals surface area contributed by atoms with Gasteiger partial charge in [0.05, 0.1) is 5.01 Å². The Labute approximate surface area is 107 Å². The standard InChI is InChI=1S/C14H18N2S/c1-10-3-4-12(7-11(10)2)8-13(15)9-14-16-5-6-17-14/h3-7,13H,8-9,15H2,1-2H3. The van der Waals surface area contributed by atoms with E-state index in [-0.39, 0.29) is 6.04 Å². The first-order chi connectivity index (χ1) is 8.15. The van der Waals surface area contributed by atoms with Crippen molar-refractivity contribution in [2.24, 2.45) is 5.73 Å². The maximum atomic E-state index is 6.15. The number of aryl methyl sites for hydroxylation is 2. The Kier molecular flexibility index (Phi) is 3.92. The van der Waals surface area contributed by atoms with E-state index >= 15 is 0 Å². The van der Waals surface area contributed by atoms with Gasteiger partial charge in [0.1, 0.15) is 0 Å². The summed E-state index contributed by atoms with van der Waals surface area (Å²) in [6.07, 6.45) is 3.62. The van der Waals surface area contributed by atoms with Gasteiger partial charge in [-0.2, -0.15) is 0 Å². The molecule has 2 nitrogen and oxygen atoms in total. The molecule has 0 amide bonds. The zero-order valence-electron chi connectivity index (χ0n) is 10.3. The summed E-state index contributed by atoms with van der Waals surface area (Å²) < 4.78 is 0. The Balaban J connectivity index is 1.98. The van der Waals surface area contributed by atoms with E-state index in [1.807, 2.05) is 11.6 Å². The normalized spacial score (nSPS) is 12.6. The van der Waals surface area contributed by atoms with Gasteiger partial charge >= 0.3 is 0 Å². The summed E-state index contributed by atoms with van der Waals surface area (Å²) in [5.74, 6) is 0. The van der Waals surface area contributed by atoms with Gasteiger partial charge in [-0.3, -0.25) is 0 Å². The highest BCUT2D eigenvalue weighted by molar-refractivity contribution is 7.09. The fraction of sp³-hybridized carbons (Fsp3) is 0.357. The van der Waals surface area contributed by atoms with Crippen LogP contribution in [0.1, 0.15) is 21.7 Å². The lowest BCUT2D eigenvalue weighted by Crippen LogP contribution is -2.25. The number of hydrogen-bond donors (Lipinski definition) is 1. The van der Waals surface area contributed by atoms with E-state index in [1.165, 1.54) is 16.7 Å². The molecule has 0 fully saturated rings. The zero-order chi connectivity index (χ0) is 12.3. The van der Waals surface area contributed by atoms with Crippen LogP contribution in [-0.2, 0) is 12.8 Å². The molecule has 1 heterocycles. The Hall–Kier alpha value is -1.19. The second-order valence-corrected chi connectivity index (χ2v) is 5.49. The quantitative estimate of drug-likeness (QED) is 0.901. The average Bonchev–Trinajstić information content (AvgIpc) is 2.76. The number of thiazole rings is 1. The van der Waals surface area contributed by atoms with E-state index in [0.717, 1.165) is 17.8 Å². The van der Waals surface area contributed by atoms with Gasteiger partial charge in [-0.1, -0.05) is 18.2 Å². The molecule has 2 rings (SSSR count). The predicted octanol–water partition coefficient (Wildman–Crippen LogP) is 2.87. The smallest absolute Gasteiger partial charge is 0.0940 e. The number of aromatic nitrogens is 1. The lowest BCUT2D eigenvalue weighted by molar-refractivity contribution is 0.662. The van der Waals surface area contributed by atoms with Crippen LogP contribution in [0.5, 0.6) is 0 Å². The van der Waals surface area contributed by atoms with Gasteiger partial charge in [-0.15, -0.1) is 11.3 Å². The summed E-state index contributed by atoms with van der Waals surface area (Å²) in [5, 5.41) is 3.12. The average molecular weight is 246 g/mol. The lowest BCUT2D eigenvalue weighted by Gasteiger charge is -2.11. The van der Waals surface area contributed by atoms with E-state index in [4.69, 9.17) is 5.73 Å². The van der Waals surface area contributed by atoms with E-state index in [1.54, 1.807) is 11.3 Å². The van der Waals surface area contributed by atoms with E-state index in [2.05, 4.69) is 37.0 Å². The molecular weight excluding hydrogens is 228 g/mol. The van der Waals surface area contributed by atoms with Gasteiger partial charge in [0.2, 0.25) is 0 Å². The van der Waals surface area contributed by atoms with E-state index < -0.39 is 0 Å². The molecule has 2 aromatic rings. The number of nitrogens with zero attached hydrogens (tertiary/aromatic N) is 1. The minimum atomic E-state index is 0.156. The van der Waals surface area contributed by atoms with Crippen molar-refractivity contribution in [1.82, 2.24) is 4.98 Å². The van der Waals surface area contributed by atoms with Crippen LogP contribution in [-0.4, -0.2) is 11.0 Å². The molecule has 1 unspecified atom stereocenters. The first kappa shape index (κ1) is 12.3. The molecule has 0 aliphatic rings. The largest absolute Gasteiger partial charge is 0.327 e. The lowest BCUT2D eigenvalue weighted by atomic mass is 10.00. The molecule has 0 aliphatic heterocycles. The van der Waals surface area contributed by atoms with Gasteiger partial charge in [0.15, 0.2) is 0 Å². The van der Waals surface area contributed by atoms with Crippen molar-refractivity contribution in [1.29, 1.82) is 0 Å². The number of benzene rings is 1. The van der Waals surface area contributed by atoms with Crippen LogP contribution < -0.4 is 5.73 Å². The molecule has 0 bridgehead atoms. The molecule has 1 aromatic heterocycles. The predicted molar refractivity (Wildman–Crippen MR) is 73.4 cm³/mol. The van der Waals surface area contributed by atoms with Crippen LogP contribution in [0.4, 0.5) is 0 Å². The summed E-state index contributed by atoms with van der Waals surface area (Å²) in [6.45, 7) is 4.28. The summed E-state index contributed by atoms with van der Waals surface area (Å²) >= 11 is 1.68. The van der Waals surface area contributed by atoms with Gasteiger partial charge in [-0.05, 0) is 37.0 Å². The molecule has 17 heavy (non-hydrogen) atoms. The second kappa shape index (κ2) is 5.43. The summed E-state index contributed by atoms with van der Waals surface area (Å²) in [4.78, 5) is 4.27. The third kappa shape index (κ3) is 3.38. The molecule has 1 aromatic carbocycles. The highest BCUT2D eigenvalue weighted by Crippen LogP contribution is 2.13. The molecule has 3 heteroatoms. The van der Waals surface area contributed by atoms with Crippen LogP contribution in [0, 0.1) is 13.8 Å². The number of rotatable bonds is 4. The van der Waals surface area contributed by atoms with Gasteiger partial charge in [0.25, 0.3) is 0 Å². The Morgan fingerprint density at radius 2 is 2.06 bits per heavy atom. The monoisotopic (exact) mass is 246 g/mol. The van der Waals surface area contributed by atoms with Gasteiger partial charge < -0.3 is 5.73 Å². The molecule has 90 valence electrons. The molecule has 1 atom stereocenters. The van der Waals surface area contributed by atoms with E-state index in [9.17, 15) is 0 Å². The minimum absolute atomic E-state index is 0.156. The second-order valence-electron chi connectivity index (χ2n) is 4.51. The van der Waals surface area contributed by atoms with Crippen molar-refractivity contribution < 1.29 is 0 Å². The number of nitrogens with two attached hydrogens (primary N) is 1. The SMILES string of the molecule is Cc1ccc(CC(N)Cc2nccs2)cc1C. The Morgan fingerprint density at radius 3 is 2.71 bits per heavy atom. The maximum absolute atomic E-state index is 6.15. The topological polar surface area (TPSA) is 38.9 Å². The molecule has 0 saturated heterocycles. The fourth-order valence-corrected chi connectivity index (χ4v) is 2.59.